The molecule has 32 heavy (non-hydrogen) atoms. The summed E-state index contributed by atoms with van der Waals surface area (Å²) in [4.78, 5) is 29.3. The van der Waals surface area contributed by atoms with Crippen LogP contribution in [-0.2, 0) is 4.74 Å². The Balaban J connectivity index is 1.66. The van der Waals surface area contributed by atoms with E-state index >= 15 is 0 Å². The highest BCUT2D eigenvalue weighted by Crippen LogP contribution is 2.27. The first kappa shape index (κ1) is 21.2. The van der Waals surface area contributed by atoms with Crippen LogP contribution in [0.4, 0.5) is 0 Å². The van der Waals surface area contributed by atoms with Crippen LogP contribution in [0.1, 0.15) is 44.6 Å². The normalized spacial score (nSPS) is 11.2. The van der Waals surface area contributed by atoms with Crippen molar-refractivity contribution < 1.29 is 14.3 Å². The predicted molar refractivity (Wildman–Crippen MR) is 126 cm³/mol. The molecule has 1 N–H and O–H groups in total. The molecule has 0 atom stereocenters. The molecule has 0 bridgehead atoms. The van der Waals surface area contributed by atoms with Gasteiger partial charge in [0.1, 0.15) is 0 Å². The number of benzene rings is 3. The first-order chi connectivity index (χ1) is 15.5. The van der Waals surface area contributed by atoms with Crippen LogP contribution in [-0.4, -0.2) is 29.7 Å². The number of hydrogen-bond donors (Lipinski definition) is 1. The summed E-state index contributed by atoms with van der Waals surface area (Å²) in [5.74, 6) is -0.946. The highest BCUT2D eigenvalue weighted by Gasteiger charge is 2.18. The lowest BCUT2D eigenvalue weighted by Gasteiger charge is -2.10. The van der Waals surface area contributed by atoms with Gasteiger partial charge in [-0.15, -0.1) is 0 Å². The van der Waals surface area contributed by atoms with E-state index in [1.807, 2.05) is 36.4 Å². The van der Waals surface area contributed by atoms with E-state index in [4.69, 9.17) is 4.74 Å². The topological polar surface area (TPSA) is 80.7 Å². The number of nitrogens with one attached hydrogen (secondary N) is 1. The molecule has 6 heteroatoms. The van der Waals surface area contributed by atoms with E-state index in [1.54, 1.807) is 27.0 Å². The number of aryl methyl sites for hydroxylation is 2. The van der Waals surface area contributed by atoms with E-state index in [1.165, 1.54) is 6.07 Å². The average Bonchev–Trinajstić information content (AvgIpc) is 2.78. The van der Waals surface area contributed by atoms with Crippen molar-refractivity contribution in [3.05, 3.63) is 88.7 Å². The fourth-order valence-corrected chi connectivity index (χ4v) is 3.77. The van der Waals surface area contributed by atoms with Gasteiger partial charge in [-0.2, -0.15) is 5.10 Å². The molecule has 0 unspecified atom stereocenters. The number of carbonyl (C=O) groups excluding carboxylic acids is 2. The fourth-order valence-electron chi connectivity index (χ4n) is 3.77. The van der Waals surface area contributed by atoms with Gasteiger partial charge in [0.2, 0.25) is 0 Å². The monoisotopic (exact) mass is 425 g/mol. The van der Waals surface area contributed by atoms with E-state index < -0.39 is 11.9 Å². The van der Waals surface area contributed by atoms with Crippen LogP contribution in [0.15, 0.2) is 65.8 Å². The number of esters is 1. The smallest absolute Gasteiger partial charge is 0.339 e. The lowest BCUT2D eigenvalue weighted by atomic mass is 9.97. The third kappa shape index (κ3) is 4.07. The van der Waals surface area contributed by atoms with Crippen molar-refractivity contribution >= 4 is 39.6 Å². The van der Waals surface area contributed by atoms with Crippen LogP contribution in [0.2, 0.25) is 0 Å². The SMILES string of the molecule is CCOC(=O)c1cc(C(=O)N/N=C/c2c3ccccc3cc3ccccc23)c(C)nc1C. The van der Waals surface area contributed by atoms with Gasteiger partial charge in [-0.1, -0.05) is 48.5 Å². The summed E-state index contributed by atoms with van der Waals surface area (Å²) in [5.41, 5.74) is 5.07. The van der Waals surface area contributed by atoms with Gasteiger partial charge in [-0.05, 0) is 54.4 Å². The van der Waals surface area contributed by atoms with Gasteiger partial charge >= 0.3 is 5.97 Å². The summed E-state index contributed by atoms with van der Waals surface area (Å²) in [6.07, 6.45) is 1.66. The Labute approximate surface area is 185 Å². The van der Waals surface area contributed by atoms with Gasteiger partial charge in [0.05, 0.1) is 35.3 Å². The van der Waals surface area contributed by atoms with E-state index in [0.29, 0.717) is 11.4 Å². The molecule has 0 saturated carbocycles. The average molecular weight is 425 g/mol. The summed E-state index contributed by atoms with van der Waals surface area (Å²) in [6, 6.07) is 19.8. The maximum absolute atomic E-state index is 12.8. The third-order valence-corrected chi connectivity index (χ3v) is 5.32. The Morgan fingerprint density at radius 3 is 2.16 bits per heavy atom. The molecule has 4 rings (SSSR count). The molecular weight excluding hydrogens is 402 g/mol. The van der Waals surface area contributed by atoms with Gasteiger partial charge in [0, 0.05) is 5.56 Å². The van der Waals surface area contributed by atoms with Gasteiger partial charge in [-0.3, -0.25) is 9.78 Å². The molecule has 0 spiro atoms. The largest absolute Gasteiger partial charge is 0.462 e. The number of aromatic nitrogens is 1. The standard InChI is InChI=1S/C26H23N3O3/c1-4-32-26(31)23-14-22(16(2)28-17(23)3)25(30)29-27-15-24-20-11-7-5-9-18(20)13-19-10-6-8-12-21(19)24/h5-15H,4H2,1-3H3,(H,29,30)/b27-15+. The second-order valence-electron chi connectivity index (χ2n) is 7.41. The van der Waals surface area contributed by atoms with E-state index in [9.17, 15) is 9.59 Å². The molecule has 0 radical (unpaired) electrons. The Morgan fingerprint density at radius 1 is 0.938 bits per heavy atom. The molecule has 1 aromatic heterocycles. The molecular formula is C26H23N3O3. The van der Waals surface area contributed by atoms with Gasteiger partial charge < -0.3 is 4.74 Å². The zero-order chi connectivity index (χ0) is 22.7. The van der Waals surface area contributed by atoms with Crippen molar-refractivity contribution in [3.63, 3.8) is 0 Å². The maximum atomic E-state index is 12.8. The van der Waals surface area contributed by atoms with Crippen molar-refractivity contribution in [1.29, 1.82) is 0 Å². The van der Waals surface area contributed by atoms with Gasteiger partial charge in [-0.25, -0.2) is 10.2 Å². The zero-order valence-corrected chi connectivity index (χ0v) is 18.2. The third-order valence-electron chi connectivity index (χ3n) is 5.32. The molecule has 0 aliphatic carbocycles. The van der Waals surface area contributed by atoms with Crippen molar-refractivity contribution in [3.8, 4) is 0 Å². The molecule has 0 saturated heterocycles. The van der Waals surface area contributed by atoms with Crippen LogP contribution >= 0.6 is 0 Å². The molecule has 160 valence electrons. The van der Waals surface area contributed by atoms with Crippen LogP contribution in [0, 0.1) is 13.8 Å². The number of rotatable bonds is 5. The van der Waals surface area contributed by atoms with E-state index in [-0.39, 0.29) is 17.7 Å². The maximum Gasteiger partial charge on any atom is 0.339 e. The molecule has 0 aliphatic heterocycles. The first-order valence-electron chi connectivity index (χ1n) is 10.4. The minimum Gasteiger partial charge on any atom is -0.462 e. The summed E-state index contributed by atoms with van der Waals surface area (Å²) in [7, 11) is 0. The van der Waals surface area contributed by atoms with Crippen molar-refractivity contribution in [2.24, 2.45) is 5.10 Å². The van der Waals surface area contributed by atoms with E-state index in [0.717, 1.165) is 27.1 Å². The van der Waals surface area contributed by atoms with Crippen molar-refractivity contribution in [2.75, 3.05) is 6.61 Å². The van der Waals surface area contributed by atoms with Crippen LogP contribution < -0.4 is 5.43 Å². The number of pyridine rings is 1. The number of fused-ring (bicyclic) bond motifs is 2. The number of hydrazone groups is 1. The highest BCUT2D eigenvalue weighted by molar-refractivity contribution is 6.13. The second-order valence-corrected chi connectivity index (χ2v) is 7.41. The summed E-state index contributed by atoms with van der Waals surface area (Å²) in [5, 5.41) is 8.50. The van der Waals surface area contributed by atoms with Crippen molar-refractivity contribution in [1.82, 2.24) is 10.4 Å². The Morgan fingerprint density at radius 2 is 1.53 bits per heavy atom. The molecule has 4 aromatic rings. The minimum atomic E-state index is -0.503. The Kier molecular flexibility index (Phi) is 5.94. The Bertz CT molecular complexity index is 1320. The number of nitrogens with zero attached hydrogens (tertiary/aromatic N) is 2. The number of ether oxygens (including phenoxy) is 1. The molecule has 3 aromatic carbocycles. The zero-order valence-electron chi connectivity index (χ0n) is 18.2. The van der Waals surface area contributed by atoms with Crippen LogP contribution in [0.3, 0.4) is 0 Å². The van der Waals surface area contributed by atoms with Crippen LogP contribution in [0.25, 0.3) is 21.5 Å². The lowest BCUT2D eigenvalue weighted by Crippen LogP contribution is -2.21. The number of hydrogen-bond acceptors (Lipinski definition) is 5. The number of amides is 1. The summed E-state index contributed by atoms with van der Waals surface area (Å²) in [6.45, 7) is 5.41. The quantitative estimate of drug-likeness (QED) is 0.212. The van der Waals surface area contributed by atoms with Gasteiger partial charge in [0.25, 0.3) is 5.91 Å². The van der Waals surface area contributed by atoms with Crippen LogP contribution in [0.5, 0.6) is 0 Å². The molecule has 1 heterocycles. The van der Waals surface area contributed by atoms with Crippen molar-refractivity contribution in [2.45, 2.75) is 20.8 Å². The predicted octanol–water partition coefficient (Wildman–Crippen LogP) is 4.95. The lowest BCUT2D eigenvalue weighted by molar-refractivity contribution is 0.0525. The number of carbonyl (C=O) groups is 2. The summed E-state index contributed by atoms with van der Waals surface area (Å²) >= 11 is 0. The molecule has 1 amide bonds. The molecule has 6 nitrogen and oxygen atoms in total. The fraction of sp³-hybridized carbons (Fsp3) is 0.154. The molecule has 0 aliphatic rings. The van der Waals surface area contributed by atoms with Gasteiger partial charge in [0.15, 0.2) is 0 Å². The van der Waals surface area contributed by atoms with E-state index in [2.05, 4.69) is 33.7 Å². The molecule has 0 fully saturated rings. The minimum absolute atomic E-state index is 0.247. The first-order valence-corrected chi connectivity index (χ1v) is 10.4. The Hall–Kier alpha value is -4.06. The second kappa shape index (κ2) is 8.98. The summed E-state index contributed by atoms with van der Waals surface area (Å²) < 4.78 is 5.06. The highest BCUT2D eigenvalue weighted by atomic mass is 16.5.